The molecule has 1 saturated heterocycles. The van der Waals surface area contributed by atoms with Crippen LogP contribution in [0.5, 0.6) is 0 Å². The van der Waals surface area contributed by atoms with Crippen molar-refractivity contribution in [3.8, 4) is 0 Å². The molecule has 1 unspecified atom stereocenters. The van der Waals surface area contributed by atoms with Crippen molar-refractivity contribution < 1.29 is 14.0 Å². The van der Waals surface area contributed by atoms with E-state index in [0.717, 1.165) is 18.2 Å². The maximum atomic E-state index is 12.5. The number of nitrogens with zero attached hydrogens (tertiary/aromatic N) is 2. The summed E-state index contributed by atoms with van der Waals surface area (Å²) in [5.74, 6) is -0.168. The number of aromatic nitrogens is 1. The van der Waals surface area contributed by atoms with Crippen LogP contribution < -0.4 is 10.2 Å². The van der Waals surface area contributed by atoms with E-state index >= 15 is 0 Å². The Morgan fingerprint density at radius 1 is 1.44 bits per heavy atom. The van der Waals surface area contributed by atoms with Gasteiger partial charge in [0.25, 0.3) is 5.91 Å². The quantitative estimate of drug-likeness (QED) is 0.666. The monoisotopic (exact) mass is 429 g/mol. The van der Waals surface area contributed by atoms with Crippen LogP contribution in [0.25, 0.3) is 0 Å². The molecular formula is C18H31N3O3S2Si. The third-order valence-electron chi connectivity index (χ3n) is 5.05. The number of thiazole rings is 1. The molecule has 0 saturated carbocycles. The molecule has 2 rings (SSSR count). The van der Waals surface area contributed by atoms with Crippen LogP contribution in [-0.2, 0) is 9.22 Å². The summed E-state index contributed by atoms with van der Waals surface area (Å²) in [6.45, 7) is 16.7. The maximum Gasteiger partial charge on any atom is 0.271 e. The number of carbonyl (C=O) groups is 2. The number of hydrogen-bond donors (Lipinski definition) is 1. The highest BCUT2D eigenvalue weighted by molar-refractivity contribution is 8.14. The number of amides is 1. The van der Waals surface area contributed by atoms with Gasteiger partial charge >= 0.3 is 0 Å². The van der Waals surface area contributed by atoms with Gasteiger partial charge in [0.2, 0.25) is 0 Å². The minimum atomic E-state index is -1.82. The first-order chi connectivity index (χ1) is 12.4. The smallest absolute Gasteiger partial charge is 0.271 e. The molecule has 1 fully saturated rings. The van der Waals surface area contributed by atoms with Crippen molar-refractivity contribution in [3.63, 3.8) is 0 Å². The molecule has 0 aromatic carbocycles. The molecule has 1 amide bonds. The van der Waals surface area contributed by atoms with Crippen LogP contribution >= 0.6 is 23.1 Å². The third kappa shape index (κ3) is 6.04. The normalized spacial score (nSPS) is 16.8. The van der Waals surface area contributed by atoms with Crippen LogP contribution in [-0.4, -0.2) is 55.3 Å². The van der Waals surface area contributed by atoms with Crippen LogP contribution in [0.1, 0.15) is 45.1 Å². The van der Waals surface area contributed by atoms with E-state index < -0.39 is 8.32 Å². The standard InChI is InChI=1S/C18H31N3O3S2Si/c1-12(10-24-27(6,7)18(3,4)5)19-16(23)15-11-25-17(20-15)21-8-14(9-21)26-13(2)22/h11-12,14H,8-10H2,1-7H3,(H,19,23). The summed E-state index contributed by atoms with van der Waals surface area (Å²) in [5, 5.41) is 6.23. The molecule has 1 aromatic heterocycles. The minimum Gasteiger partial charge on any atom is -0.415 e. The van der Waals surface area contributed by atoms with E-state index in [1.807, 2.05) is 6.92 Å². The first-order valence-electron chi connectivity index (χ1n) is 9.21. The summed E-state index contributed by atoms with van der Waals surface area (Å²) in [6, 6.07) is -0.0721. The maximum absolute atomic E-state index is 12.5. The number of rotatable bonds is 7. The Morgan fingerprint density at radius 3 is 2.63 bits per heavy atom. The number of anilines is 1. The van der Waals surface area contributed by atoms with Gasteiger partial charge in [0.15, 0.2) is 18.6 Å². The molecule has 0 radical (unpaired) electrons. The van der Waals surface area contributed by atoms with E-state index in [0.29, 0.717) is 17.6 Å². The zero-order valence-corrected chi connectivity index (χ0v) is 19.9. The van der Waals surface area contributed by atoms with Crippen molar-refractivity contribution in [2.45, 2.75) is 64.0 Å². The lowest BCUT2D eigenvalue weighted by Gasteiger charge is -2.37. The summed E-state index contributed by atoms with van der Waals surface area (Å²) >= 11 is 2.84. The van der Waals surface area contributed by atoms with E-state index in [9.17, 15) is 9.59 Å². The first kappa shape index (κ1) is 22.4. The lowest BCUT2D eigenvalue weighted by atomic mass is 10.2. The van der Waals surface area contributed by atoms with Crippen molar-refractivity contribution in [1.82, 2.24) is 10.3 Å². The highest BCUT2D eigenvalue weighted by Crippen LogP contribution is 2.36. The van der Waals surface area contributed by atoms with Crippen molar-refractivity contribution >= 4 is 47.6 Å². The van der Waals surface area contributed by atoms with Crippen LogP contribution in [0.15, 0.2) is 5.38 Å². The molecule has 1 aliphatic heterocycles. The van der Waals surface area contributed by atoms with Crippen molar-refractivity contribution in [2.24, 2.45) is 0 Å². The summed E-state index contributed by atoms with van der Waals surface area (Å²) in [7, 11) is -1.82. The SMILES string of the molecule is CC(=O)SC1CN(c2nc(C(=O)NC(C)CO[Si](C)(C)C(C)(C)C)cs2)C1. The average molecular weight is 430 g/mol. The largest absolute Gasteiger partial charge is 0.415 e. The predicted molar refractivity (Wildman–Crippen MR) is 116 cm³/mol. The second-order valence-electron chi connectivity index (χ2n) is 8.60. The van der Waals surface area contributed by atoms with Gasteiger partial charge in [0, 0.05) is 36.7 Å². The van der Waals surface area contributed by atoms with Crippen LogP contribution in [0.3, 0.4) is 0 Å². The third-order valence-corrected chi connectivity index (χ3v) is 11.4. The molecule has 1 aliphatic rings. The van der Waals surface area contributed by atoms with Gasteiger partial charge < -0.3 is 14.6 Å². The Kier molecular flexibility index (Phi) is 7.15. The van der Waals surface area contributed by atoms with Gasteiger partial charge in [-0.2, -0.15) is 0 Å². The molecule has 2 heterocycles. The fraction of sp³-hybridized carbons (Fsp3) is 0.722. The zero-order valence-electron chi connectivity index (χ0n) is 17.3. The van der Waals surface area contributed by atoms with Gasteiger partial charge in [-0.3, -0.25) is 9.59 Å². The number of carbonyl (C=O) groups excluding carboxylic acids is 2. The van der Waals surface area contributed by atoms with Crippen molar-refractivity contribution in [1.29, 1.82) is 0 Å². The number of hydrogen-bond acceptors (Lipinski definition) is 7. The van der Waals surface area contributed by atoms with Gasteiger partial charge in [-0.25, -0.2) is 4.98 Å². The molecule has 1 N–H and O–H groups in total. The predicted octanol–water partition coefficient (Wildman–Crippen LogP) is 3.75. The lowest BCUT2D eigenvalue weighted by Crippen LogP contribution is -2.49. The summed E-state index contributed by atoms with van der Waals surface area (Å²) in [5.41, 5.74) is 0.442. The Hall–Kier alpha value is -0.903. The number of nitrogens with one attached hydrogen (secondary N) is 1. The molecule has 27 heavy (non-hydrogen) atoms. The van der Waals surface area contributed by atoms with Crippen LogP contribution in [0.4, 0.5) is 5.13 Å². The molecular weight excluding hydrogens is 398 g/mol. The first-order valence-corrected chi connectivity index (χ1v) is 13.9. The molecule has 152 valence electrons. The van der Waals surface area contributed by atoms with Gasteiger partial charge in [-0.15, -0.1) is 11.3 Å². The van der Waals surface area contributed by atoms with Crippen molar-refractivity contribution in [3.05, 3.63) is 11.1 Å². The van der Waals surface area contributed by atoms with Crippen LogP contribution in [0, 0.1) is 0 Å². The fourth-order valence-corrected chi connectivity index (χ4v) is 5.21. The Bertz CT molecular complexity index is 682. The molecule has 1 aromatic rings. The zero-order chi connectivity index (χ0) is 20.4. The summed E-state index contributed by atoms with van der Waals surface area (Å²) in [4.78, 5) is 30.1. The average Bonchev–Trinajstić information content (AvgIpc) is 2.96. The lowest BCUT2D eigenvalue weighted by molar-refractivity contribution is -0.109. The highest BCUT2D eigenvalue weighted by Gasteiger charge is 2.37. The Labute approximate surface area is 171 Å². The van der Waals surface area contributed by atoms with Gasteiger partial charge in [0.05, 0.1) is 6.61 Å². The van der Waals surface area contributed by atoms with E-state index in [4.69, 9.17) is 4.43 Å². The highest BCUT2D eigenvalue weighted by atomic mass is 32.2. The molecule has 9 heteroatoms. The minimum absolute atomic E-state index is 0.0721. The molecule has 6 nitrogen and oxygen atoms in total. The molecule has 0 spiro atoms. The Morgan fingerprint density at radius 2 is 2.07 bits per heavy atom. The van der Waals surface area contributed by atoms with E-state index in [1.165, 1.54) is 23.1 Å². The van der Waals surface area contributed by atoms with E-state index in [1.54, 1.807) is 12.3 Å². The van der Waals surface area contributed by atoms with E-state index in [-0.39, 0.29) is 22.1 Å². The van der Waals surface area contributed by atoms with Gasteiger partial charge in [-0.05, 0) is 25.1 Å². The van der Waals surface area contributed by atoms with Crippen LogP contribution in [0.2, 0.25) is 18.1 Å². The molecule has 0 aliphatic carbocycles. The van der Waals surface area contributed by atoms with E-state index in [2.05, 4.69) is 49.1 Å². The topological polar surface area (TPSA) is 71.5 Å². The fourth-order valence-electron chi connectivity index (χ4n) is 2.31. The van der Waals surface area contributed by atoms with Gasteiger partial charge in [0.1, 0.15) is 5.69 Å². The second-order valence-corrected chi connectivity index (χ2v) is 15.7. The van der Waals surface area contributed by atoms with Gasteiger partial charge in [-0.1, -0.05) is 32.5 Å². The second kappa shape index (κ2) is 8.63. The molecule has 1 atom stereocenters. The number of thioether (sulfide) groups is 1. The summed E-state index contributed by atoms with van der Waals surface area (Å²) in [6.07, 6.45) is 0. The summed E-state index contributed by atoms with van der Waals surface area (Å²) < 4.78 is 6.17. The molecule has 0 bridgehead atoms. The Balaban J connectivity index is 1.81. The van der Waals surface area contributed by atoms with Crippen molar-refractivity contribution in [2.75, 3.05) is 24.6 Å².